The van der Waals surface area contributed by atoms with Crippen LogP contribution in [0.4, 0.5) is 0 Å². The second kappa shape index (κ2) is 5.30. The van der Waals surface area contributed by atoms with Crippen molar-refractivity contribution < 1.29 is 0 Å². The summed E-state index contributed by atoms with van der Waals surface area (Å²) < 4.78 is 0. The normalized spacial score (nSPS) is 25.4. The molecule has 1 unspecified atom stereocenters. The molecule has 2 rings (SSSR count). The van der Waals surface area contributed by atoms with Crippen LogP contribution in [0.3, 0.4) is 0 Å². The molecular formula is C13H22N2S. The molecule has 0 radical (unpaired) electrons. The van der Waals surface area contributed by atoms with Crippen LogP contribution in [-0.2, 0) is 6.54 Å². The Morgan fingerprint density at radius 2 is 2.44 bits per heavy atom. The molecule has 0 saturated carbocycles. The number of rotatable bonds is 5. The van der Waals surface area contributed by atoms with Crippen LogP contribution in [-0.4, -0.2) is 19.6 Å². The van der Waals surface area contributed by atoms with Crippen LogP contribution in [0, 0.1) is 11.3 Å². The summed E-state index contributed by atoms with van der Waals surface area (Å²) in [5.74, 6) is 0.748. The summed E-state index contributed by atoms with van der Waals surface area (Å²) in [6, 6.07) is 4.32. The molecule has 16 heavy (non-hydrogen) atoms. The highest BCUT2D eigenvalue weighted by Crippen LogP contribution is 2.33. The van der Waals surface area contributed by atoms with E-state index in [4.69, 9.17) is 0 Å². The van der Waals surface area contributed by atoms with Gasteiger partial charge in [0.25, 0.3) is 0 Å². The largest absolute Gasteiger partial charge is 0.316 e. The smallest absolute Gasteiger partial charge is 0.0299 e. The predicted molar refractivity (Wildman–Crippen MR) is 70.8 cm³/mol. The van der Waals surface area contributed by atoms with Crippen LogP contribution < -0.4 is 10.6 Å². The molecule has 2 nitrogen and oxygen atoms in total. The second-order valence-electron chi connectivity index (χ2n) is 5.13. The third kappa shape index (κ3) is 2.65. The molecule has 3 heteroatoms. The summed E-state index contributed by atoms with van der Waals surface area (Å²) in [6.45, 7) is 9.20. The lowest BCUT2D eigenvalue weighted by Gasteiger charge is -2.33. The Kier molecular flexibility index (Phi) is 4.00. The first-order chi connectivity index (χ1) is 7.73. The van der Waals surface area contributed by atoms with Gasteiger partial charge in [-0.3, -0.25) is 0 Å². The van der Waals surface area contributed by atoms with E-state index in [2.05, 4.69) is 42.0 Å². The van der Waals surface area contributed by atoms with E-state index in [1.807, 2.05) is 11.3 Å². The molecule has 0 aromatic carbocycles. The molecule has 0 spiro atoms. The first-order valence-corrected chi connectivity index (χ1v) is 7.05. The number of nitrogens with one attached hydrogen (secondary N) is 2. The summed E-state index contributed by atoms with van der Waals surface area (Å²) in [5, 5.41) is 9.27. The Bertz CT molecular complexity index is 300. The highest BCUT2D eigenvalue weighted by Gasteiger charge is 2.36. The van der Waals surface area contributed by atoms with E-state index >= 15 is 0 Å². The maximum Gasteiger partial charge on any atom is 0.0299 e. The molecule has 1 fully saturated rings. The Hall–Kier alpha value is -0.380. The summed E-state index contributed by atoms with van der Waals surface area (Å²) in [4.78, 5) is 1.44. The molecule has 0 bridgehead atoms. The molecular weight excluding hydrogens is 216 g/mol. The van der Waals surface area contributed by atoms with E-state index in [0.29, 0.717) is 5.41 Å². The van der Waals surface area contributed by atoms with E-state index in [1.54, 1.807) is 0 Å². The van der Waals surface area contributed by atoms with Crippen molar-refractivity contribution in [2.24, 2.45) is 11.3 Å². The van der Waals surface area contributed by atoms with Crippen molar-refractivity contribution in [2.45, 2.75) is 26.8 Å². The zero-order valence-electron chi connectivity index (χ0n) is 10.3. The Morgan fingerprint density at radius 1 is 1.56 bits per heavy atom. The van der Waals surface area contributed by atoms with Crippen molar-refractivity contribution in [2.75, 3.05) is 19.6 Å². The molecule has 1 saturated heterocycles. The molecule has 1 aromatic heterocycles. The molecule has 2 N–H and O–H groups in total. The van der Waals surface area contributed by atoms with Gasteiger partial charge in [0.15, 0.2) is 0 Å². The standard InChI is InChI=1S/C13H22N2S/c1-11(2)13(5-6-14-9-13)10-15-8-12-4-3-7-16-12/h3-4,7,11,14-15H,5-6,8-10H2,1-2H3. The fourth-order valence-electron chi connectivity index (χ4n) is 2.46. The van der Waals surface area contributed by atoms with Gasteiger partial charge in [-0.2, -0.15) is 0 Å². The average Bonchev–Trinajstić information content (AvgIpc) is 2.88. The summed E-state index contributed by atoms with van der Waals surface area (Å²) in [7, 11) is 0. The lowest BCUT2D eigenvalue weighted by atomic mass is 9.76. The van der Waals surface area contributed by atoms with Crippen molar-refractivity contribution in [3.05, 3.63) is 22.4 Å². The Balaban J connectivity index is 1.83. The number of hydrogen-bond acceptors (Lipinski definition) is 3. The topological polar surface area (TPSA) is 24.1 Å². The number of hydrogen-bond donors (Lipinski definition) is 2. The minimum atomic E-state index is 0.470. The van der Waals surface area contributed by atoms with E-state index < -0.39 is 0 Å². The quantitative estimate of drug-likeness (QED) is 0.823. The van der Waals surface area contributed by atoms with Gasteiger partial charge in [0, 0.05) is 24.5 Å². The fourth-order valence-corrected chi connectivity index (χ4v) is 3.13. The average molecular weight is 238 g/mol. The van der Waals surface area contributed by atoms with E-state index in [-0.39, 0.29) is 0 Å². The van der Waals surface area contributed by atoms with Crippen LogP contribution in [0.2, 0.25) is 0 Å². The minimum Gasteiger partial charge on any atom is -0.316 e. The third-order valence-electron chi connectivity index (χ3n) is 3.86. The molecule has 1 aliphatic rings. The monoisotopic (exact) mass is 238 g/mol. The first kappa shape index (κ1) is 12.1. The van der Waals surface area contributed by atoms with Crippen molar-refractivity contribution in [3.8, 4) is 0 Å². The molecule has 1 aromatic rings. The lowest BCUT2D eigenvalue weighted by molar-refractivity contribution is 0.208. The molecule has 1 atom stereocenters. The Labute approximate surface area is 102 Å². The first-order valence-electron chi connectivity index (χ1n) is 6.17. The van der Waals surface area contributed by atoms with E-state index in [1.165, 1.54) is 24.4 Å². The second-order valence-corrected chi connectivity index (χ2v) is 6.16. The summed E-state index contributed by atoms with van der Waals surface area (Å²) in [6.07, 6.45) is 1.31. The number of thiophene rings is 1. The molecule has 90 valence electrons. The van der Waals surface area contributed by atoms with Gasteiger partial charge in [0.2, 0.25) is 0 Å². The highest BCUT2D eigenvalue weighted by molar-refractivity contribution is 7.09. The van der Waals surface area contributed by atoms with Gasteiger partial charge in [0.1, 0.15) is 0 Å². The van der Waals surface area contributed by atoms with Crippen LogP contribution in [0.5, 0.6) is 0 Å². The van der Waals surface area contributed by atoms with Crippen molar-refractivity contribution in [1.29, 1.82) is 0 Å². The van der Waals surface area contributed by atoms with Gasteiger partial charge in [-0.05, 0) is 35.7 Å². The van der Waals surface area contributed by atoms with Gasteiger partial charge in [-0.1, -0.05) is 19.9 Å². The van der Waals surface area contributed by atoms with Crippen LogP contribution in [0.25, 0.3) is 0 Å². The molecule has 0 amide bonds. The fraction of sp³-hybridized carbons (Fsp3) is 0.692. The van der Waals surface area contributed by atoms with Crippen molar-refractivity contribution >= 4 is 11.3 Å². The predicted octanol–water partition coefficient (Wildman–Crippen LogP) is 2.47. The zero-order chi connectivity index (χ0) is 11.4. The lowest BCUT2D eigenvalue weighted by Crippen LogP contribution is -2.40. The molecule has 2 heterocycles. The maximum absolute atomic E-state index is 3.62. The van der Waals surface area contributed by atoms with Crippen molar-refractivity contribution in [1.82, 2.24) is 10.6 Å². The molecule has 1 aliphatic heterocycles. The van der Waals surface area contributed by atoms with Crippen LogP contribution in [0.15, 0.2) is 17.5 Å². The van der Waals surface area contributed by atoms with Crippen molar-refractivity contribution in [3.63, 3.8) is 0 Å². The molecule has 0 aliphatic carbocycles. The summed E-state index contributed by atoms with van der Waals surface area (Å²) >= 11 is 1.83. The highest BCUT2D eigenvalue weighted by atomic mass is 32.1. The van der Waals surface area contributed by atoms with Crippen LogP contribution in [0.1, 0.15) is 25.1 Å². The van der Waals surface area contributed by atoms with Gasteiger partial charge >= 0.3 is 0 Å². The SMILES string of the molecule is CC(C)C1(CNCc2cccs2)CCNC1. The van der Waals surface area contributed by atoms with Crippen LogP contribution >= 0.6 is 11.3 Å². The Morgan fingerprint density at radius 3 is 3.00 bits per heavy atom. The maximum atomic E-state index is 3.62. The van der Waals surface area contributed by atoms with E-state index in [0.717, 1.165) is 19.0 Å². The van der Waals surface area contributed by atoms with Gasteiger partial charge in [-0.15, -0.1) is 11.3 Å². The van der Waals surface area contributed by atoms with Gasteiger partial charge in [-0.25, -0.2) is 0 Å². The van der Waals surface area contributed by atoms with Gasteiger partial charge < -0.3 is 10.6 Å². The summed E-state index contributed by atoms with van der Waals surface area (Å²) in [5.41, 5.74) is 0.470. The minimum absolute atomic E-state index is 0.470. The zero-order valence-corrected chi connectivity index (χ0v) is 11.1. The van der Waals surface area contributed by atoms with Gasteiger partial charge in [0.05, 0.1) is 0 Å². The third-order valence-corrected chi connectivity index (χ3v) is 4.73. The van der Waals surface area contributed by atoms with E-state index in [9.17, 15) is 0 Å².